The van der Waals surface area contributed by atoms with E-state index < -0.39 is 15.3 Å². The van der Waals surface area contributed by atoms with Gasteiger partial charge in [0.25, 0.3) is 0 Å². The first-order chi connectivity index (χ1) is 9.19. The van der Waals surface area contributed by atoms with Crippen molar-refractivity contribution in [3.63, 3.8) is 0 Å². The summed E-state index contributed by atoms with van der Waals surface area (Å²) < 4.78 is 27.4. The van der Waals surface area contributed by atoms with Gasteiger partial charge in [-0.3, -0.25) is 0 Å². The Morgan fingerprint density at radius 3 is 2.15 bits per heavy atom. The SMILES string of the molecule is CC(C)NCC(C)S(=O)(=O)NCC1(N(C)C)CCCC1. The third-order valence-corrected chi connectivity index (χ3v) is 6.20. The Morgan fingerprint density at radius 2 is 1.70 bits per heavy atom. The Labute approximate surface area is 124 Å². The van der Waals surface area contributed by atoms with Crippen LogP contribution in [0.4, 0.5) is 0 Å². The van der Waals surface area contributed by atoms with E-state index >= 15 is 0 Å². The molecule has 0 heterocycles. The van der Waals surface area contributed by atoms with Crippen LogP contribution < -0.4 is 10.0 Å². The van der Waals surface area contributed by atoms with Crippen molar-refractivity contribution < 1.29 is 8.42 Å². The van der Waals surface area contributed by atoms with Crippen LogP contribution in [-0.4, -0.2) is 57.3 Å². The number of sulfonamides is 1. The monoisotopic (exact) mass is 305 g/mol. The van der Waals surface area contributed by atoms with Crippen LogP contribution in [0.2, 0.25) is 0 Å². The molecule has 1 unspecified atom stereocenters. The van der Waals surface area contributed by atoms with Crippen LogP contribution in [0, 0.1) is 0 Å². The van der Waals surface area contributed by atoms with Crippen LogP contribution in [0.5, 0.6) is 0 Å². The highest BCUT2D eigenvalue weighted by Gasteiger charge is 2.37. The van der Waals surface area contributed by atoms with Gasteiger partial charge >= 0.3 is 0 Å². The lowest BCUT2D eigenvalue weighted by Crippen LogP contribution is -2.52. The molecule has 120 valence electrons. The topological polar surface area (TPSA) is 61.4 Å². The number of hydrogen-bond donors (Lipinski definition) is 2. The van der Waals surface area contributed by atoms with E-state index in [1.165, 1.54) is 12.8 Å². The second kappa shape index (κ2) is 7.20. The summed E-state index contributed by atoms with van der Waals surface area (Å²) in [6, 6.07) is 0.301. The highest BCUT2D eigenvalue weighted by molar-refractivity contribution is 7.90. The van der Waals surface area contributed by atoms with Gasteiger partial charge in [0.1, 0.15) is 0 Å². The van der Waals surface area contributed by atoms with Crippen molar-refractivity contribution in [1.82, 2.24) is 14.9 Å². The molecule has 1 atom stereocenters. The Morgan fingerprint density at radius 1 is 1.15 bits per heavy atom. The molecule has 6 heteroatoms. The van der Waals surface area contributed by atoms with E-state index in [1.807, 2.05) is 27.9 Å². The molecule has 0 aromatic heterocycles. The molecule has 1 rings (SSSR count). The number of rotatable bonds is 8. The van der Waals surface area contributed by atoms with E-state index in [0.29, 0.717) is 19.1 Å². The quantitative estimate of drug-likeness (QED) is 0.706. The van der Waals surface area contributed by atoms with E-state index in [9.17, 15) is 8.42 Å². The molecule has 1 aliphatic rings. The average molecular weight is 305 g/mol. The summed E-state index contributed by atoms with van der Waals surface area (Å²) >= 11 is 0. The van der Waals surface area contributed by atoms with Crippen molar-refractivity contribution in [2.45, 2.75) is 63.3 Å². The van der Waals surface area contributed by atoms with Crippen LogP contribution in [0.3, 0.4) is 0 Å². The molecule has 0 aromatic carbocycles. The standard InChI is InChI=1S/C14H31N3O2S/c1-12(2)15-10-13(3)20(18,19)16-11-14(17(4)5)8-6-7-9-14/h12-13,15-16H,6-11H2,1-5H3. The minimum atomic E-state index is -3.25. The van der Waals surface area contributed by atoms with Crippen molar-refractivity contribution in [1.29, 1.82) is 0 Å². The first-order valence-corrected chi connectivity index (χ1v) is 9.13. The maximum absolute atomic E-state index is 12.3. The van der Waals surface area contributed by atoms with Gasteiger partial charge in [-0.05, 0) is 33.9 Å². The van der Waals surface area contributed by atoms with E-state index in [0.717, 1.165) is 12.8 Å². The molecule has 20 heavy (non-hydrogen) atoms. The molecule has 1 aliphatic carbocycles. The van der Waals surface area contributed by atoms with Crippen molar-refractivity contribution in [3.8, 4) is 0 Å². The average Bonchev–Trinajstić information content (AvgIpc) is 2.83. The van der Waals surface area contributed by atoms with E-state index in [-0.39, 0.29) is 5.54 Å². The molecule has 0 aliphatic heterocycles. The molecule has 2 N–H and O–H groups in total. The number of nitrogens with one attached hydrogen (secondary N) is 2. The minimum absolute atomic E-state index is 0.00172. The summed E-state index contributed by atoms with van der Waals surface area (Å²) in [6.45, 7) is 6.81. The molecule has 5 nitrogen and oxygen atoms in total. The van der Waals surface area contributed by atoms with E-state index in [2.05, 4.69) is 14.9 Å². The molecule has 1 fully saturated rings. The molecule has 0 saturated heterocycles. The molecule has 0 aromatic rings. The maximum Gasteiger partial charge on any atom is 0.215 e. The van der Waals surface area contributed by atoms with Gasteiger partial charge in [0.2, 0.25) is 10.0 Å². The molecular weight excluding hydrogens is 274 g/mol. The molecule has 1 saturated carbocycles. The van der Waals surface area contributed by atoms with Crippen LogP contribution in [0.15, 0.2) is 0 Å². The predicted molar refractivity (Wildman–Crippen MR) is 84.4 cm³/mol. The number of nitrogens with zero attached hydrogens (tertiary/aromatic N) is 1. The fraction of sp³-hybridized carbons (Fsp3) is 1.00. The van der Waals surface area contributed by atoms with Gasteiger partial charge in [0.15, 0.2) is 0 Å². The Kier molecular flexibility index (Phi) is 6.44. The number of likely N-dealkylation sites (N-methyl/N-ethyl adjacent to an activating group) is 1. The minimum Gasteiger partial charge on any atom is -0.313 e. The zero-order valence-electron chi connectivity index (χ0n) is 13.6. The second-order valence-electron chi connectivity index (χ2n) is 6.57. The summed E-state index contributed by atoms with van der Waals surface area (Å²) in [5.41, 5.74) is -0.00172. The third kappa shape index (κ3) is 4.69. The normalized spacial score (nSPS) is 20.8. The molecular formula is C14H31N3O2S. The van der Waals surface area contributed by atoms with Gasteiger partial charge in [-0.25, -0.2) is 13.1 Å². The zero-order chi connectivity index (χ0) is 15.4. The molecule has 0 amide bonds. The lowest BCUT2D eigenvalue weighted by molar-refractivity contribution is 0.161. The van der Waals surface area contributed by atoms with Gasteiger partial charge in [-0.1, -0.05) is 26.7 Å². The first-order valence-electron chi connectivity index (χ1n) is 7.59. The first kappa shape index (κ1) is 17.9. The molecule has 0 radical (unpaired) electrons. The fourth-order valence-corrected chi connectivity index (χ4v) is 3.77. The van der Waals surface area contributed by atoms with Crippen LogP contribution >= 0.6 is 0 Å². The van der Waals surface area contributed by atoms with Gasteiger partial charge in [-0.15, -0.1) is 0 Å². The van der Waals surface area contributed by atoms with Gasteiger partial charge in [-0.2, -0.15) is 0 Å². The van der Waals surface area contributed by atoms with Crippen molar-refractivity contribution >= 4 is 10.0 Å². The largest absolute Gasteiger partial charge is 0.313 e. The van der Waals surface area contributed by atoms with Crippen molar-refractivity contribution in [2.75, 3.05) is 27.2 Å². The lowest BCUT2D eigenvalue weighted by Gasteiger charge is -2.36. The predicted octanol–water partition coefficient (Wildman–Crippen LogP) is 1.17. The van der Waals surface area contributed by atoms with Crippen molar-refractivity contribution in [3.05, 3.63) is 0 Å². The third-order valence-electron chi connectivity index (χ3n) is 4.43. The Hall–Kier alpha value is -0.170. The van der Waals surface area contributed by atoms with Crippen LogP contribution in [-0.2, 0) is 10.0 Å². The summed E-state index contributed by atoms with van der Waals surface area (Å²) in [7, 11) is 0.836. The van der Waals surface area contributed by atoms with Crippen LogP contribution in [0.1, 0.15) is 46.5 Å². The summed E-state index contributed by atoms with van der Waals surface area (Å²) in [4.78, 5) is 2.18. The number of hydrogen-bond acceptors (Lipinski definition) is 4. The lowest BCUT2D eigenvalue weighted by atomic mass is 9.97. The van der Waals surface area contributed by atoms with Gasteiger partial charge in [0, 0.05) is 24.7 Å². The maximum atomic E-state index is 12.3. The molecule has 0 spiro atoms. The highest BCUT2D eigenvalue weighted by atomic mass is 32.2. The second-order valence-corrected chi connectivity index (χ2v) is 8.75. The van der Waals surface area contributed by atoms with Crippen LogP contribution in [0.25, 0.3) is 0 Å². The smallest absolute Gasteiger partial charge is 0.215 e. The highest BCUT2D eigenvalue weighted by Crippen LogP contribution is 2.33. The van der Waals surface area contributed by atoms with Gasteiger partial charge < -0.3 is 10.2 Å². The molecule has 0 bridgehead atoms. The van der Waals surface area contributed by atoms with Gasteiger partial charge in [0.05, 0.1) is 5.25 Å². The zero-order valence-corrected chi connectivity index (χ0v) is 14.4. The summed E-state index contributed by atoms with van der Waals surface area (Å²) in [5, 5.41) is 2.77. The Bertz CT molecular complexity index is 387. The summed E-state index contributed by atoms with van der Waals surface area (Å²) in [6.07, 6.45) is 4.51. The summed E-state index contributed by atoms with van der Waals surface area (Å²) in [5.74, 6) is 0. The Balaban J connectivity index is 2.57. The van der Waals surface area contributed by atoms with E-state index in [4.69, 9.17) is 0 Å². The van der Waals surface area contributed by atoms with E-state index in [1.54, 1.807) is 6.92 Å². The van der Waals surface area contributed by atoms with Crippen molar-refractivity contribution in [2.24, 2.45) is 0 Å². The fourth-order valence-electron chi connectivity index (χ4n) is 2.70.